The summed E-state index contributed by atoms with van der Waals surface area (Å²) in [4.78, 5) is 0. The minimum Gasteiger partial charge on any atom is -0.392 e. The van der Waals surface area contributed by atoms with Crippen LogP contribution in [0.4, 0.5) is 0 Å². The summed E-state index contributed by atoms with van der Waals surface area (Å²) >= 11 is 0. The smallest absolute Gasteiger partial charge is 0.0994 e. The Morgan fingerprint density at radius 3 is 2.77 bits per heavy atom. The number of hydrogen-bond donors (Lipinski definition) is 1. The fourth-order valence-corrected chi connectivity index (χ4v) is 1.31. The Morgan fingerprint density at radius 2 is 2.23 bits per heavy atom. The fourth-order valence-electron chi connectivity index (χ4n) is 1.31. The standard InChI is InChI=1S/C11H13NO/c1-2-3-10-5-4-9(8-13)6-11(10)7-12/h4-6,13H,2-3,8H2,1H3. The summed E-state index contributed by atoms with van der Waals surface area (Å²) < 4.78 is 0. The lowest BCUT2D eigenvalue weighted by Gasteiger charge is -2.03. The predicted molar refractivity (Wildman–Crippen MR) is 51.1 cm³/mol. The Bertz CT molecular complexity index is 325. The minimum absolute atomic E-state index is 0.00108. The molecule has 0 atom stereocenters. The maximum Gasteiger partial charge on any atom is 0.0994 e. The van der Waals surface area contributed by atoms with Gasteiger partial charge in [-0.25, -0.2) is 0 Å². The van der Waals surface area contributed by atoms with Gasteiger partial charge < -0.3 is 5.11 Å². The summed E-state index contributed by atoms with van der Waals surface area (Å²) in [7, 11) is 0. The summed E-state index contributed by atoms with van der Waals surface area (Å²) in [6.07, 6.45) is 1.96. The van der Waals surface area contributed by atoms with E-state index >= 15 is 0 Å². The lowest BCUT2D eigenvalue weighted by Crippen LogP contribution is -1.92. The van der Waals surface area contributed by atoms with Gasteiger partial charge in [-0.2, -0.15) is 5.26 Å². The van der Waals surface area contributed by atoms with Crippen LogP contribution in [0.2, 0.25) is 0 Å². The van der Waals surface area contributed by atoms with Crippen LogP contribution in [0.15, 0.2) is 18.2 Å². The Kier molecular flexibility index (Phi) is 3.48. The molecule has 0 aliphatic carbocycles. The molecule has 1 aromatic carbocycles. The Morgan fingerprint density at radius 1 is 1.46 bits per heavy atom. The summed E-state index contributed by atoms with van der Waals surface area (Å²) in [5.74, 6) is 0. The Labute approximate surface area is 78.4 Å². The zero-order chi connectivity index (χ0) is 9.68. The molecule has 0 aliphatic heterocycles. The average molecular weight is 175 g/mol. The van der Waals surface area contributed by atoms with E-state index in [0.717, 1.165) is 24.0 Å². The van der Waals surface area contributed by atoms with Crippen molar-refractivity contribution in [2.24, 2.45) is 0 Å². The first kappa shape index (κ1) is 9.76. The molecule has 2 nitrogen and oxygen atoms in total. The van der Waals surface area contributed by atoms with E-state index in [1.54, 1.807) is 6.07 Å². The largest absolute Gasteiger partial charge is 0.392 e. The van der Waals surface area contributed by atoms with E-state index in [1.165, 1.54) is 0 Å². The van der Waals surface area contributed by atoms with Gasteiger partial charge in [-0.15, -0.1) is 0 Å². The molecule has 0 aromatic heterocycles. The van der Waals surface area contributed by atoms with Gasteiger partial charge in [0, 0.05) is 0 Å². The van der Waals surface area contributed by atoms with Crippen molar-refractivity contribution in [1.29, 1.82) is 5.26 Å². The molecule has 0 radical (unpaired) electrons. The summed E-state index contributed by atoms with van der Waals surface area (Å²) in [6.45, 7) is 2.09. The van der Waals surface area contributed by atoms with Crippen LogP contribution in [0.25, 0.3) is 0 Å². The molecule has 0 saturated carbocycles. The molecule has 0 aliphatic rings. The van der Waals surface area contributed by atoms with Crippen molar-refractivity contribution < 1.29 is 5.11 Å². The van der Waals surface area contributed by atoms with Gasteiger partial charge in [-0.05, 0) is 23.6 Å². The number of rotatable bonds is 3. The summed E-state index contributed by atoms with van der Waals surface area (Å²) in [5, 5.41) is 17.7. The highest BCUT2D eigenvalue weighted by Crippen LogP contribution is 2.13. The quantitative estimate of drug-likeness (QED) is 0.763. The van der Waals surface area contributed by atoms with Crippen LogP contribution in [0.5, 0.6) is 0 Å². The van der Waals surface area contributed by atoms with Gasteiger partial charge in [0.2, 0.25) is 0 Å². The molecule has 13 heavy (non-hydrogen) atoms. The summed E-state index contributed by atoms with van der Waals surface area (Å²) in [6, 6.07) is 7.69. The van der Waals surface area contributed by atoms with E-state index in [-0.39, 0.29) is 6.61 Å². The van der Waals surface area contributed by atoms with E-state index in [1.807, 2.05) is 12.1 Å². The van der Waals surface area contributed by atoms with Crippen molar-refractivity contribution in [1.82, 2.24) is 0 Å². The van der Waals surface area contributed by atoms with Crippen LogP contribution in [-0.2, 0) is 13.0 Å². The maximum absolute atomic E-state index is 8.87. The van der Waals surface area contributed by atoms with Crippen molar-refractivity contribution in [3.63, 3.8) is 0 Å². The zero-order valence-electron chi connectivity index (χ0n) is 7.75. The number of nitriles is 1. The number of benzene rings is 1. The number of aryl methyl sites for hydroxylation is 1. The lowest BCUT2D eigenvalue weighted by atomic mass is 10.0. The molecule has 0 fully saturated rings. The molecular weight excluding hydrogens is 162 g/mol. The molecule has 0 amide bonds. The maximum atomic E-state index is 8.87. The third-order valence-corrected chi connectivity index (χ3v) is 2.00. The summed E-state index contributed by atoms with van der Waals surface area (Å²) in [5.41, 5.74) is 2.56. The van der Waals surface area contributed by atoms with E-state index in [4.69, 9.17) is 10.4 Å². The molecule has 0 unspecified atom stereocenters. The second kappa shape index (κ2) is 4.64. The molecule has 0 heterocycles. The van der Waals surface area contributed by atoms with Crippen molar-refractivity contribution in [2.75, 3.05) is 0 Å². The van der Waals surface area contributed by atoms with Gasteiger partial charge in [0.15, 0.2) is 0 Å². The van der Waals surface area contributed by atoms with E-state index < -0.39 is 0 Å². The molecule has 0 bridgehead atoms. The van der Waals surface area contributed by atoms with Crippen LogP contribution < -0.4 is 0 Å². The lowest BCUT2D eigenvalue weighted by molar-refractivity contribution is 0.282. The number of aliphatic hydroxyl groups excluding tert-OH is 1. The van der Waals surface area contributed by atoms with Crippen molar-refractivity contribution in [3.05, 3.63) is 34.9 Å². The number of hydrogen-bond acceptors (Lipinski definition) is 2. The van der Waals surface area contributed by atoms with Crippen molar-refractivity contribution in [3.8, 4) is 6.07 Å². The molecule has 0 spiro atoms. The highest BCUT2D eigenvalue weighted by molar-refractivity contribution is 5.40. The molecule has 0 saturated heterocycles. The van der Waals surface area contributed by atoms with Crippen molar-refractivity contribution in [2.45, 2.75) is 26.4 Å². The molecule has 1 rings (SSSR count). The first-order valence-electron chi connectivity index (χ1n) is 4.44. The molecule has 2 heteroatoms. The van der Waals surface area contributed by atoms with Gasteiger partial charge in [0.25, 0.3) is 0 Å². The first-order valence-corrected chi connectivity index (χ1v) is 4.44. The van der Waals surface area contributed by atoms with Crippen LogP contribution in [0.3, 0.4) is 0 Å². The van der Waals surface area contributed by atoms with Gasteiger partial charge in [-0.3, -0.25) is 0 Å². The predicted octanol–water partition coefficient (Wildman–Crippen LogP) is 2.00. The van der Waals surface area contributed by atoms with Crippen LogP contribution in [-0.4, -0.2) is 5.11 Å². The minimum atomic E-state index is 0.00108. The molecule has 1 N–H and O–H groups in total. The van der Waals surface area contributed by atoms with E-state index in [0.29, 0.717) is 5.56 Å². The Balaban J connectivity index is 3.02. The van der Waals surface area contributed by atoms with Crippen molar-refractivity contribution >= 4 is 0 Å². The van der Waals surface area contributed by atoms with Crippen LogP contribution >= 0.6 is 0 Å². The number of nitrogens with zero attached hydrogens (tertiary/aromatic N) is 1. The molecule has 68 valence electrons. The molecule has 1 aromatic rings. The normalized spacial score (nSPS) is 9.62. The highest BCUT2D eigenvalue weighted by atomic mass is 16.3. The average Bonchev–Trinajstić information content (AvgIpc) is 2.19. The SMILES string of the molecule is CCCc1ccc(CO)cc1C#N. The second-order valence-electron chi connectivity index (χ2n) is 3.01. The Hall–Kier alpha value is -1.33. The first-order chi connectivity index (χ1) is 6.31. The van der Waals surface area contributed by atoms with Gasteiger partial charge >= 0.3 is 0 Å². The zero-order valence-corrected chi connectivity index (χ0v) is 7.75. The van der Waals surface area contributed by atoms with Crippen LogP contribution in [0.1, 0.15) is 30.0 Å². The van der Waals surface area contributed by atoms with Gasteiger partial charge in [0.05, 0.1) is 18.2 Å². The molecular formula is C11H13NO. The van der Waals surface area contributed by atoms with Gasteiger partial charge in [0.1, 0.15) is 0 Å². The van der Waals surface area contributed by atoms with Crippen LogP contribution in [0, 0.1) is 11.3 Å². The van der Waals surface area contributed by atoms with Gasteiger partial charge in [-0.1, -0.05) is 25.5 Å². The third-order valence-electron chi connectivity index (χ3n) is 2.00. The fraction of sp³-hybridized carbons (Fsp3) is 0.364. The second-order valence-corrected chi connectivity index (χ2v) is 3.01. The van der Waals surface area contributed by atoms with E-state index in [9.17, 15) is 0 Å². The highest BCUT2D eigenvalue weighted by Gasteiger charge is 2.01. The monoisotopic (exact) mass is 175 g/mol. The number of aliphatic hydroxyl groups is 1. The topological polar surface area (TPSA) is 44.0 Å². The third kappa shape index (κ3) is 2.30. The van der Waals surface area contributed by atoms with E-state index in [2.05, 4.69) is 13.0 Å².